The minimum atomic E-state index is -0.795. The highest BCUT2D eigenvalue weighted by Crippen LogP contribution is 2.09. The summed E-state index contributed by atoms with van der Waals surface area (Å²) in [5.41, 5.74) is 2.99. The Balaban J connectivity index is 2.25. The van der Waals surface area contributed by atoms with E-state index in [1.165, 1.54) is 6.21 Å². The van der Waals surface area contributed by atoms with Crippen molar-refractivity contribution in [2.75, 3.05) is 13.2 Å². The van der Waals surface area contributed by atoms with E-state index in [-0.39, 0.29) is 6.10 Å². The van der Waals surface area contributed by atoms with Crippen molar-refractivity contribution in [3.63, 3.8) is 0 Å². The maximum absolute atomic E-state index is 11.5. The molecule has 0 spiro atoms. The maximum Gasteiger partial charge on any atom is 0.329 e. The van der Waals surface area contributed by atoms with Crippen molar-refractivity contribution in [2.24, 2.45) is 5.10 Å². The number of amides is 2. The molecule has 0 unspecified atom stereocenters. The highest BCUT2D eigenvalue weighted by atomic mass is 79.9. The maximum atomic E-state index is 11.5. The number of hydrogen-bond acceptors (Lipinski definition) is 4. The SMILES string of the molecule is CC(C)OCCCNC(=O)C(=O)N/N=C/c1cccc(Br)c1. The second-order valence-corrected chi connectivity index (χ2v) is 5.70. The van der Waals surface area contributed by atoms with Crippen molar-refractivity contribution in [3.8, 4) is 0 Å². The van der Waals surface area contributed by atoms with Gasteiger partial charge in [0.05, 0.1) is 12.3 Å². The summed E-state index contributed by atoms with van der Waals surface area (Å²) in [7, 11) is 0. The molecule has 0 atom stereocenters. The van der Waals surface area contributed by atoms with Gasteiger partial charge < -0.3 is 10.1 Å². The Kier molecular flexibility index (Phi) is 8.39. The van der Waals surface area contributed by atoms with Crippen LogP contribution < -0.4 is 10.7 Å². The van der Waals surface area contributed by atoms with E-state index in [1.807, 2.05) is 38.1 Å². The first-order valence-corrected chi connectivity index (χ1v) is 7.76. The highest BCUT2D eigenvalue weighted by molar-refractivity contribution is 9.10. The van der Waals surface area contributed by atoms with Gasteiger partial charge in [0.2, 0.25) is 0 Å². The molecule has 22 heavy (non-hydrogen) atoms. The molecule has 0 saturated carbocycles. The van der Waals surface area contributed by atoms with Crippen molar-refractivity contribution >= 4 is 34.0 Å². The molecule has 0 heterocycles. The summed E-state index contributed by atoms with van der Waals surface area (Å²) in [5, 5.41) is 6.24. The fourth-order valence-corrected chi connectivity index (χ4v) is 1.89. The third kappa shape index (κ3) is 7.90. The lowest BCUT2D eigenvalue weighted by atomic mass is 10.2. The van der Waals surface area contributed by atoms with E-state index in [2.05, 4.69) is 31.8 Å². The third-order valence-corrected chi connectivity index (χ3v) is 2.99. The Morgan fingerprint density at radius 3 is 2.82 bits per heavy atom. The molecule has 0 fully saturated rings. The zero-order chi connectivity index (χ0) is 16.4. The molecule has 7 heteroatoms. The van der Waals surface area contributed by atoms with E-state index in [0.29, 0.717) is 19.6 Å². The van der Waals surface area contributed by atoms with Gasteiger partial charge in [0, 0.05) is 17.6 Å². The third-order valence-electron chi connectivity index (χ3n) is 2.49. The average Bonchev–Trinajstić information content (AvgIpc) is 2.46. The van der Waals surface area contributed by atoms with E-state index in [1.54, 1.807) is 0 Å². The molecule has 1 rings (SSSR count). The van der Waals surface area contributed by atoms with Crippen molar-refractivity contribution in [2.45, 2.75) is 26.4 Å². The van der Waals surface area contributed by atoms with Crippen molar-refractivity contribution in [1.82, 2.24) is 10.7 Å². The van der Waals surface area contributed by atoms with Gasteiger partial charge in [0.1, 0.15) is 0 Å². The second-order valence-electron chi connectivity index (χ2n) is 4.78. The van der Waals surface area contributed by atoms with E-state index < -0.39 is 11.8 Å². The summed E-state index contributed by atoms with van der Waals surface area (Å²) in [6.07, 6.45) is 2.27. The fraction of sp³-hybridized carbons (Fsp3) is 0.400. The van der Waals surface area contributed by atoms with Crippen LogP contribution in [0.2, 0.25) is 0 Å². The quantitative estimate of drug-likeness (QED) is 0.333. The number of ether oxygens (including phenoxy) is 1. The van der Waals surface area contributed by atoms with Crippen LogP contribution in [0.3, 0.4) is 0 Å². The van der Waals surface area contributed by atoms with Crippen LogP contribution in [0.5, 0.6) is 0 Å². The molecule has 0 aromatic heterocycles. The molecule has 0 aliphatic rings. The summed E-state index contributed by atoms with van der Waals surface area (Å²) in [4.78, 5) is 23.0. The smallest absolute Gasteiger partial charge is 0.329 e. The normalized spacial score (nSPS) is 10.9. The first-order valence-electron chi connectivity index (χ1n) is 6.97. The molecule has 0 radical (unpaired) electrons. The number of nitrogens with one attached hydrogen (secondary N) is 2. The lowest BCUT2D eigenvalue weighted by Crippen LogP contribution is -2.38. The van der Waals surface area contributed by atoms with Gasteiger partial charge in [-0.15, -0.1) is 0 Å². The molecular formula is C15H20BrN3O3. The molecule has 0 aliphatic carbocycles. The predicted octanol–water partition coefficient (Wildman–Crippen LogP) is 1.83. The van der Waals surface area contributed by atoms with Crippen LogP contribution in [0.25, 0.3) is 0 Å². The molecule has 2 amide bonds. The minimum Gasteiger partial charge on any atom is -0.379 e. The van der Waals surface area contributed by atoms with Crippen molar-refractivity contribution in [1.29, 1.82) is 0 Å². The standard InChI is InChI=1S/C15H20BrN3O3/c1-11(2)22-8-4-7-17-14(20)15(21)19-18-10-12-5-3-6-13(16)9-12/h3,5-6,9-11H,4,7-8H2,1-2H3,(H,17,20)(H,19,21)/b18-10+. The molecule has 0 aliphatic heterocycles. The molecule has 0 bridgehead atoms. The Morgan fingerprint density at radius 2 is 2.14 bits per heavy atom. The zero-order valence-electron chi connectivity index (χ0n) is 12.6. The molecular weight excluding hydrogens is 350 g/mol. The lowest BCUT2D eigenvalue weighted by molar-refractivity contribution is -0.139. The van der Waals surface area contributed by atoms with Gasteiger partial charge in [-0.1, -0.05) is 28.1 Å². The van der Waals surface area contributed by atoms with Crippen LogP contribution in [0.15, 0.2) is 33.8 Å². The van der Waals surface area contributed by atoms with Crippen LogP contribution in [-0.2, 0) is 14.3 Å². The predicted molar refractivity (Wildman–Crippen MR) is 88.6 cm³/mol. The largest absolute Gasteiger partial charge is 0.379 e. The average molecular weight is 370 g/mol. The molecule has 6 nitrogen and oxygen atoms in total. The molecule has 120 valence electrons. The Labute approximate surface area is 138 Å². The van der Waals surface area contributed by atoms with Gasteiger partial charge in [-0.25, -0.2) is 5.43 Å². The van der Waals surface area contributed by atoms with Gasteiger partial charge in [-0.2, -0.15) is 5.10 Å². The van der Waals surface area contributed by atoms with E-state index in [4.69, 9.17) is 4.74 Å². The molecule has 0 saturated heterocycles. The number of nitrogens with zero attached hydrogens (tertiary/aromatic N) is 1. The number of rotatable bonds is 7. The van der Waals surface area contributed by atoms with Gasteiger partial charge in [-0.05, 0) is 38.0 Å². The summed E-state index contributed by atoms with van der Waals surface area (Å²) in [6, 6.07) is 7.39. The van der Waals surface area contributed by atoms with Crippen LogP contribution in [0.4, 0.5) is 0 Å². The highest BCUT2D eigenvalue weighted by Gasteiger charge is 2.11. The zero-order valence-corrected chi connectivity index (χ0v) is 14.2. The van der Waals surface area contributed by atoms with Crippen LogP contribution in [0.1, 0.15) is 25.8 Å². The Morgan fingerprint density at radius 1 is 1.36 bits per heavy atom. The summed E-state index contributed by atoms with van der Waals surface area (Å²) in [6.45, 7) is 4.81. The number of hydrogen-bond donors (Lipinski definition) is 2. The minimum absolute atomic E-state index is 0.159. The van der Waals surface area contributed by atoms with Gasteiger partial charge in [0.15, 0.2) is 0 Å². The van der Waals surface area contributed by atoms with E-state index in [0.717, 1.165) is 10.0 Å². The van der Waals surface area contributed by atoms with Crippen molar-refractivity contribution in [3.05, 3.63) is 34.3 Å². The number of carbonyl (C=O) groups is 2. The lowest BCUT2D eigenvalue weighted by Gasteiger charge is -2.07. The van der Waals surface area contributed by atoms with Crippen LogP contribution in [-0.4, -0.2) is 37.3 Å². The first kappa shape index (κ1) is 18.3. The van der Waals surface area contributed by atoms with Gasteiger partial charge >= 0.3 is 11.8 Å². The Bertz CT molecular complexity index is 533. The van der Waals surface area contributed by atoms with E-state index in [9.17, 15) is 9.59 Å². The van der Waals surface area contributed by atoms with Gasteiger partial charge in [-0.3, -0.25) is 9.59 Å². The summed E-state index contributed by atoms with van der Waals surface area (Å²) in [5.74, 6) is -1.51. The van der Waals surface area contributed by atoms with E-state index >= 15 is 0 Å². The second kappa shape index (κ2) is 10.1. The fourth-order valence-electron chi connectivity index (χ4n) is 1.48. The molecule has 2 N–H and O–H groups in total. The van der Waals surface area contributed by atoms with Crippen molar-refractivity contribution < 1.29 is 14.3 Å². The molecule has 1 aromatic rings. The number of halogens is 1. The topological polar surface area (TPSA) is 79.8 Å². The number of carbonyl (C=O) groups excluding carboxylic acids is 2. The number of hydrazone groups is 1. The van der Waals surface area contributed by atoms with Gasteiger partial charge in [0.25, 0.3) is 0 Å². The van der Waals surface area contributed by atoms with Crippen LogP contribution >= 0.6 is 15.9 Å². The first-order chi connectivity index (χ1) is 10.5. The van der Waals surface area contributed by atoms with Crippen LogP contribution in [0, 0.1) is 0 Å². The Hall–Kier alpha value is -1.73. The monoisotopic (exact) mass is 369 g/mol. The number of benzene rings is 1. The molecule has 1 aromatic carbocycles. The summed E-state index contributed by atoms with van der Waals surface area (Å²) < 4.78 is 6.24. The summed E-state index contributed by atoms with van der Waals surface area (Å²) >= 11 is 3.33.